The number of fused-ring (bicyclic) bond motifs is 1. The lowest BCUT2D eigenvalue weighted by atomic mass is 10.2. The number of ether oxygens (including phenoxy) is 2. The fourth-order valence-electron chi connectivity index (χ4n) is 3.50. The molecule has 4 aromatic rings. The SMILES string of the molecule is COc1cc2c(=O)n(Cc3ccco3)c(=O)n(CC(=O)Nc3cccc(F)c3)c2cc1OC. The van der Waals surface area contributed by atoms with Crippen LogP contribution in [0.5, 0.6) is 11.5 Å². The number of nitrogens with zero attached hydrogens (tertiary/aromatic N) is 2. The lowest BCUT2D eigenvalue weighted by Crippen LogP contribution is -2.42. The number of hydrogen-bond donors (Lipinski definition) is 1. The quantitative estimate of drug-likeness (QED) is 0.461. The number of rotatable bonds is 7. The minimum atomic E-state index is -0.717. The Morgan fingerprint density at radius 2 is 1.79 bits per heavy atom. The van der Waals surface area contributed by atoms with E-state index in [1.807, 2.05) is 0 Å². The van der Waals surface area contributed by atoms with Gasteiger partial charge in [0.1, 0.15) is 18.1 Å². The second-order valence-corrected chi connectivity index (χ2v) is 7.12. The smallest absolute Gasteiger partial charge is 0.332 e. The van der Waals surface area contributed by atoms with E-state index >= 15 is 0 Å². The van der Waals surface area contributed by atoms with Gasteiger partial charge in [0, 0.05) is 11.8 Å². The first-order valence-electron chi connectivity index (χ1n) is 9.88. The Hall–Kier alpha value is -4.34. The average Bonchev–Trinajstić information content (AvgIpc) is 3.32. The van der Waals surface area contributed by atoms with Crippen LogP contribution in [-0.2, 0) is 17.9 Å². The number of furan rings is 1. The lowest BCUT2D eigenvalue weighted by molar-refractivity contribution is -0.116. The van der Waals surface area contributed by atoms with Crippen LogP contribution in [-0.4, -0.2) is 29.3 Å². The summed E-state index contributed by atoms with van der Waals surface area (Å²) in [7, 11) is 2.84. The van der Waals surface area contributed by atoms with Crippen molar-refractivity contribution in [1.82, 2.24) is 9.13 Å². The summed E-state index contributed by atoms with van der Waals surface area (Å²) in [4.78, 5) is 39.2. The fraction of sp³-hybridized carbons (Fsp3) is 0.174. The molecule has 0 saturated heterocycles. The first-order valence-corrected chi connectivity index (χ1v) is 9.88. The average molecular weight is 453 g/mol. The summed E-state index contributed by atoms with van der Waals surface area (Å²) < 4.78 is 31.5. The number of carbonyl (C=O) groups excluding carboxylic acids is 1. The molecule has 0 radical (unpaired) electrons. The molecule has 9 nitrogen and oxygen atoms in total. The van der Waals surface area contributed by atoms with Gasteiger partial charge < -0.3 is 19.2 Å². The van der Waals surface area contributed by atoms with Gasteiger partial charge in [0.25, 0.3) is 5.56 Å². The predicted octanol–water partition coefficient (Wildman–Crippen LogP) is 2.60. The monoisotopic (exact) mass is 453 g/mol. The van der Waals surface area contributed by atoms with Crippen molar-refractivity contribution in [3.05, 3.63) is 87.2 Å². The number of aromatic nitrogens is 2. The van der Waals surface area contributed by atoms with Crippen molar-refractivity contribution in [2.45, 2.75) is 13.1 Å². The molecule has 2 aromatic carbocycles. The third-order valence-corrected chi connectivity index (χ3v) is 5.03. The molecule has 0 bridgehead atoms. The largest absolute Gasteiger partial charge is 0.493 e. The van der Waals surface area contributed by atoms with Gasteiger partial charge >= 0.3 is 5.69 Å². The van der Waals surface area contributed by atoms with Crippen molar-refractivity contribution in [2.75, 3.05) is 19.5 Å². The normalized spacial score (nSPS) is 10.9. The van der Waals surface area contributed by atoms with Crippen molar-refractivity contribution in [3.63, 3.8) is 0 Å². The maximum absolute atomic E-state index is 13.5. The topological polar surface area (TPSA) is 105 Å². The van der Waals surface area contributed by atoms with Crippen LogP contribution in [0.2, 0.25) is 0 Å². The van der Waals surface area contributed by atoms with E-state index in [0.29, 0.717) is 11.5 Å². The molecule has 170 valence electrons. The Morgan fingerprint density at radius 1 is 1.03 bits per heavy atom. The van der Waals surface area contributed by atoms with Gasteiger partial charge in [-0.05, 0) is 36.4 Å². The van der Waals surface area contributed by atoms with E-state index in [1.54, 1.807) is 12.1 Å². The van der Waals surface area contributed by atoms with Crippen molar-refractivity contribution in [2.24, 2.45) is 0 Å². The highest BCUT2D eigenvalue weighted by molar-refractivity contribution is 5.92. The minimum Gasteiger partial charge on any atom is -0.493 e. The van der Waals surface area contributed by atoms with Crippen molar-refractivity contribution in [1.29, 1.82) is 0 Å². The highest BCUT2D eigenvalue weighted by Gasteiger charge is 2.19. The summed E-state index contributed by atoms with van der Waals surface area (Å²) in [5, 5.41) is 2.70. The van der Waals surface area contributed by atoms with Gasteiger partial charge in [0.2, 0.25) is 5.91 Å². The minimum absolute atomic E-state index is 0.125. The van der Waals surface area contributed by atoms with E-state index in [4.69, 9.17) is 13.9 Å². The Morgan fingerprint density at radius 3 is 2.45 bits per heavy atom. The van der Waals surface area contributed by atoms with Gasteiger partial charge in [-0.25, -0.2) is 9.18 Å². The molecule has 0 atom stereocenters. The molecule has 1 N–H and O–H groups in total. The second kappa shape index (κ2) is 9.03. The first-order chi connectivity index (χ1) is 15.9. The Balaban J connectivity index is 1.85. The van der Waals surface area contributed by atoms with Crippen molar-refractivity contribution >= 4 is 22.5 Å². The van der Waals surface area contributed by atoms with Crippen LogP contribution in [0.4, 0.5) is 10.1 Å². The predicted molar refractivity (Wildman–Crippen MR) is 118 cm³/mol. The molecular formula is C23H20FN3O6. The highest BCUT2D eigenvalue weighted by Crippen LogP contribution is 2.30. The molecule has 0 fully saturated rings. The van der Waals surface area contributed by atoms with E-state index in [1.165, 1.54) is 50.8 Å². The van der Waals surface area contributed by atoms with E-state index < -0.39 is 29.5 Å². The number of benzene rings is 2. The molecule has 0 saturated carbocycles. The number of halogens is 1. The summed E-state index contributed by atoms with van der Waals surface area (Å²) in [6, 6.07) is 11.6. The Bertz CT molecular complexity index is 1440. The van der Waals surface area contributed by atoms with E-state index in [2.05, 4.69) is 5.32 Å². The second-order valence-electron chi connectivity index (χ2n) is 7.12. The van der Waals surface area contributed by atoms with Gasteiger partial charge in [0.05, 0.1) is 37.9 Å². The number of nitrogens with one attached hydrogen (secondary N) is 1. The maximum Gasteiger partial charge on any atom is 0.332 e. The fourth-order valence-corrected chi connectivity index (χ4v) is 3.50. The molecule has 4 rings (SSSR count). The van der Waals surface area contributed by atoms with Gasteiger partial charge in [-0.1, -0.05) is 6.07 Å². The molecule has 0 aliphatic rings. The van der Waals surface area contributed by atoms with Crippen LogP contribution >= 0.6 is 0 Å². The van der Waals surface area contributed by atoms with Crippen LogP contribution in [0.25, 0.3) is 10.9 Å². The summed E-state index contributed by atoms with van der Waals surface area (Å²) in [5.74, 6) is -0.126. The molecule has 10 heteroatoms. The van der Waals surface area contributed by atoms with Crippen LogP contribution in [0.3, 0.4) is 0 Å². The molecule has 0 unspecified atom stereocenters. The molecule has 0 spiro atoms. The molecule has 0 aliphatic heterocycles. The van der Waals surface area contributed by atoms with Crippen molar-refractivity contribution < 1.29 is 23.1 Å². The Labute approximate surface area is 186 Å². The number of anilines is 1. The number of methoxy groups -OCH3 is 2. The van der Waals surface area contributed by atoms with Gasteiger partial charge in [-0.3, -0.25) is 18.7 Å². The zero-order valence-corrected chi connectivity index (χ0v) is 17.8. The van der Waals surface area contributed by atoms with E-state index in [9.17, 15) is 18.8 Å². The zero-order chi connectivity index (χ0) is 23.5. The molecule has 0 aliphatic carbocycles. The van der Waals surface area contributed by atoms with Gasteiger partial charge in [-0.2, -0.15) is 0 Å². The van der Waals surface area contributed by atoms with Gasteiger partial charge in [0.15, 0.2) is 11.5 Å². The van der Waals surface area contributed by atoms with E-state index in [-0.39, 0.29) is 28.9 Å². The van der Waals surface area contributed by atoms with E-state index in [0.717, 1.165) is 15.2 Å². The summed E-state index contributed by atoms with van der Waals surface area (Å²) in [6.07, 6.45) is 1.43. The standard InChI is InChI=1S/C23H20FN3O6/c1-31-19-10-17-18(11-20(19)32-2)26(13-21(28)25-15-6-3-5-14(24)9-15)23(30)27(22(17)29)12-16-7-4-8-33-16/h3-11H,12-13H2,1-2H3,(H,25,28). The molecule has 33 heavy (non-hydrogen) atoms. The molecule has 1 amide bonds. The van der Waals surface area contributed by atoms with Crippen LogP contribution in [0.1, 0.15) is 5.76 Å². The molecule has 2 aromatic heterocycles. The van der Waals surface area contributed by atoms with Crippen LogP contribution in [0, 0.1) is 5.82 Å². The first kappa shape index (κ1) is 21.9. The zero-order valence-electron chi connectivity index (χ0n) is 17.8. The van der Waals surface area contributed by atoms with Crippen LogP contribution in [0.15, 0.2) is 68.8 Å². The highest BCUT2D eigenvalue weighted by atomic mass is 19.1. The Kier molecular flexibility index (Phi) is 5.99. The molecular weight excluding hydrogens is 433 g/mol. The third-order valence-electron chi connectivity index (χ3n) is 5.03. The van der Waals surface area contributed by atoms with Crippen molar-refractivity contribution in [3.8, 4) is 11.5 Å². The van der Waals surface area contributed by atoms with Crippen LogP contribution < -0.4 is 26.0 Å². The number of carbonyl (C=O) groups is 1. The number of amides is 1. The molecule has 2 heterocycles. The maximum atomic E-state index is 13.5. The summed E-state index contributed by atoms with van der Waals surface area (Å²) >= 11 is 0. The third kappa shape index (κ3) is 4.36. The summed E-state index contributed by atoms with van der Waals surface area (Å²) in [5.41, 5.74) is -0.868. The lowest BCUT2D eigenvalue weighted by Gasteiger charge is -2.16. The number of hydrogen-bond acceptors (Lipinski definition) is 6. The van der Waals surface area contributed by atoms with Gasteiger partial charge in [-0.15, -0.1) is 0 Å². The summed E-state index contributed by atoms with van der Waals surface area (Å²) in [6.45, 7) is -0.555.